The Labute approximate surface area is 120 Å². The van der Waals surface area contributed by atoms with Crippen LogP contribution < -0.4 is 10.6 Å². The maximum atomic E-state index is 11.9. The molecular weight excluding hydrogens is 276 g/mol. The summed E-state index contributed by atoms with van der Waals surface area (Å²) in [6.07, 6.45) is 3.10. The van der Waals surface area contributed by atoms with Crippen molar-refractivity contribution in [3.63, 3.8) is 0 Å². The quantitative estimate of drug-likeness (QED) is 0.755. The molecule has 0 aromatic carbocycles. The Balaban J connectivity index is 2.01. The first-order chi connectivity index (χ1) is 9.91. The fourth-order valence-corrected chi connectivity index (χ4v) is 1.78. The van der Waals surface area contributed by atoms with Gasteiger partial charge in [0.1, 0.15) is 5.76 Å². The van der Waals surface area contributed by atoms with Crippen LogP contribution in [-0.4, -0.2) is 26.9 Å². The highest BCUT2D eigenvalue weighted by molar-refractivity contribution is 5.86. The molecule has 0 saturated carbocycles. The van der Waals surface area contributed by atoms with Crippen LogP contribution in [0.25, 0.3) is 0 Å². The third kappa shape index (κ3) is 3.22. The molecule has 2 aromatic rings. The normalized spacial score (nSPS) is 13.4. The summed E-state index contributed by atoms with van der Waals surface area (Å²) < 4.78 is 6.70. The van der Waals surface area contributed by atoms with Gasteiger partial charge in [0.05, 0.1) is 18.5 Å². The monoisotopic (exact) mass is 292 g/mol. The van der Waals surface area contributed by atoms with Gasteiger partial charge in [0.2, 0.25) is 0 Å². The SMILES string of the molecule is Cn1ccc(CNC(=O)NC(C)(C(=O)O)c2ccco2)n1. The number of carboxylic acid groups (broad SMARTS) is 1. The molecule has 112 valence electrons. The molecule has 0 spiro atoms. The number of hydrogen-bond donors (Lipinski definition) is 3. The highest BCUT2D eigenvalue weighted by Crippen LogP contribution is 2.21. The average Bonchev–Trinajstić information content (AvgIpc) is 3.07. The number of hydrogen-bond acceptors (Lipinski definition) is 4. The number of amides is 2. The Morgan fingerprint density at radius 1 is 1.48 bits per heavy atom. The van der Waals surface area contributed by atoms with Crippen molar-refractivity contribution in [2.75, 3.05) is 0 Å². The molecule has 2 aromatic heterocycles. The van der Waals surface area contributed by atoms with Gasteiger partial charge in [-0.25, -0.2) is 9.59 Å². The zero-order valence-corrected chi connectivity index (χ0v) is 11.7. The molecular formula is C13H16N4O4. The van der Waals surface area contributed by atoms with E-state index in [1.54, 1.807) is 30.1 Å². The summed E-state index contributed by atoms with van der Waals surface area (Å²) in [5, 5.41) is 18.4. The van der Waals surface area contributed by atoms with E-state index in [9.17, 15) is 14.7 Å². The lowest BCUT2D eigenvalue weighted by Gasteiger charge is -2.23. The standard InChI is InChI=1S/C13H16N4O4/c1-13(11(18)19,10-4-3-7-21-10)15-12(20)14-8-9-5-6-17(2)16-9/h3-7H,8H2,1-2H3,(H,18,19)(H2,14,15,20). The Hall–Kier alpha value is -2.77. The molecule has 2 heterocycles. The van der Waals surface area contributed by atoms with Crippen molar-refractivity contribution in [2.24, 2.45) is 7.05 Å². The third-order valence-electron chi connectivity index (χ3n) is 3.00. The van der Waals surface area contributed by atoms with E-state index in [0.29, 0.717) is 5.69 Å². The van der Waals surface area contributed by atoms with Gasteiger partial charge in [0.15, 0.2) is 5.54 Å². The molecule has 0 radical (unpaired) electrons. The zero-order valence-electron chi connectivity index (χ0n) is 11.7. The minimum absolute atomic E-state index is 0.142. The van der Waals surface area contributed by atoms with Crippen molar-refractivity contribution in [3.05, 3.63) is 42.1 Å². The summed E-state index contributed by atoms with van der Waals surface area (Å²) in [7, 11) is 1.77. The molecule has 0 aliphatic carbocycles. The largest absolute Gasteiger partial charge is 0.479 e. The van der Waals surface area contributed by atoms with Gasteiger partial charge >= 0.3 is 12.0 Å². The molecule has 0 fully saturated rings. The van der Waals surface area contributed by atoms with Gasteiger partial charge in [0, 0.05) is 13.2 Å². The number of carbonyl (C=O) groups is 2. The van der Waals surface area contributed by atoms with E-state index >= 15 is 0 Å². The molecule has 3 N–H and O–H groups in total. The number of nitrogens with zero attached hydrogens (tertiary/aromatic N) is 2. The van der Waals surface area contributed by atoms with E-state index in [1.807, 2.05) is 0 Å². The number of carboxylic acids is 1. The number of carbonyl (C=O) groups excluding carboxylic acids is 1. The Kier molecular flexibility index (Phi) is 3.97. The van der Waals surface area contributed by atoms with Gasteiger partial charge in [0.25, 0.3) is 0 Å². The fraction of sp³-hybridized carbons (Fsp3) is 0.308. The van der Waals surface area contributed by atoms with Crippen molar-refractivity contribution in [2.45, 2.75) is 19.0 Å². The van der Waals surface area contributed by atoms with Crippen molar-refractivity contribution in [1.29, 1.82) is 0 Å². The van der Waals surface area contributed by atoms with Crippen molar-refractivity contribution < 1.29 is 19.1 Å². The molecule has 8 heteroatoms. The van der Waals surface area contributed by atoms with Crippen molar-refractivity contribution in [1.82, 2.24) is 20.4 Å². The first-order valence-electron chi connectivity index (χ1n) is 6.24. The van der Waals surface area contributed by atoms with Crippen LogP contribution in [0.15, 0.2) is 35.1 Å². The third-order valence-corrected chi connectivity index (χ3v) is 3.00. The maximum Gasteiger partial charge on any atom is 0.337 e. The fourth-order valence-electron chi connectivity index (χ4n) is 1.78. The second-order valence-corrected chi connectivity index (χ2v) is 4.70. The molecule has 0 saturated heterocycles. The molecule has 8 nitrogen and oxygen atoms in total. The van der Waals surface area contributed by atoms with Gasteiger partial charge in [-0.3, -0.25) is 4.68 Å². The number of urea groups is 1. The lowest BCUT2D eigenvalue weighted by atomic mass is 9.99. The van der Waals surface area contributed by atoms with Crippen LogP contribution in [0.3, 0.4) is 0 Å². The number of furan rings is 1. The first-order valence-corrected chi connectivity index (χ1v) is 6.24. The summed E-state index contributed by atoms with van der Waals surface area (Å²) in [5.74, 6) is -1.08. The molecule has 0 aliphatic rings. The second-order valence-electron chi connectivity index (χ2n) is 4.70. The Bertz CT molecular complexity index is 634. The van der Waals surface area contributed by atoms with Gasteiger partial charge in [-0.15, -0.1) is 0 Å². The Morgan fingerprint density at radius 3 is 2.76 bits per heavy atom. The summed E-state index contributed by atoms with van der Waals surface area (Å²) in [5.41, 5.74) is -0.972. The molecule has 21 heavy (non-hydrogen) atoms. The molecule has 0 bridgehead atoms. The van der Waals surface area contributed by atoms with E-state index in [1.165, 1.54) is 19.3 Å². The average molecular weight is 292 g/mol. The summed E-state index contributed by atoms with van der Waals surface area (Å²) in [6.45, 7) is 1.55. The number of aromatic nitrogens is 2. The highest BCUT2D eigenvalue weighted by atomic mass is 16.4. The molecule has 1 atom stereocenters. The zero-order chi connectivity index (χ0) is 15.5. The van der Waals surface area contributed by atoms with Gasteiger partial charge < -0.3 is 20.2 Å². The maximum absolute atomic E-state index is 11.9. The smallest absolute Gasteiger partial charge is 0.337 e. The van der Waals surface area contributed by atoms with E-state index in [0.717, 1.165) is 0 Å². The van der Waals surface area contributed by atoms with Crippen LogP contribution in [0.5, 0.6) is 0 Å². The van der Waals surface area contributed by atoms with E-state index in [4.69, 9.17) is 4.42 Å². The predicted octanol–water partition coefficient (Wildman–Crippen LogP) is 0.812. The lowest BCUT2D eigenvalue weighted by Crippen LogP contribution is -2.52. The molecule has 2 rings (SSSR count). The second kappa shape index (κ2) is 5.70. The topological polar surface area (TPSA) is 109 Å². The van der Waals surface area contributed by atoms with E-state index in [2.05, 4.69) is 15.7 Å². The summed E-state index contributed by atoms with van der Waals surface area (Å²) in [6, 6.07) is 4.18. The van der Waals surface area contributed by atoms with Crippen LogP contribution in [0.1, 0.15) is 18.4 Å². The van der Waals surface area contributed by atoms with Crippen molar-refractivity contribution in [3.8, 4) is 0 Å². The van der Waals surface area contributed by atoms with Gasteiger partial charge in [-0.2, -0.15) is 5.10 Å². The van der Waals surface area contributed by atoms with Crippen LogP contribution >= 0.6 is 0 Å². The van der Waals surface area contributed by atoms with Crippen LogP contribution in [-0.2, 0) is 23.9 Å². The van der Waals surface area contributed by atoms with Crippen molar-refractivity contribution >= 4 is 12.0 Å². The number of rotatable bonds is 5. The number of aryl methyl sites for hydroxylation is 1. The number of nitrogens with one attached hydrogen (secondary N) is 2. The lowest BCUT2D eigenvalue weighted by molar-refractivity contribution is -0.144. The predicted molar refractivity (Wildman–Crippen MR) is 72.3 cm³/mol. The molecule has 0 aliphatic heterocycles. The van der Waals surface area contributed by atoms with Gasteiger partial charge in [-0.05, 0) is 25.1 Å². The molecule has 2 amide bonds. The van der Waals surface area contributed by atoms with E-state index in [-0.39, 0.29) is 12.3 Å². The van der Waals surface area contributed by atoms with Crippen LogP contribution in [0, 0.1) is 0 Å². The Morgan fingerprint density at radius 2 is 2.24 bits per heavy atom. The number of aliphatic carboxylic acids is 1. The first kappa shape index (κ1) is 14.6. The van der Waals surface area contributed by atoms with E-state index < -0.39 is 17.5 Å². The van der Waals surface area contributed by atoms with Gasteiger partial charge in [-0.1, -0.05) is 0 Å². The van der Waals surface area contributed by atoms with Crippen LogP contribution in [0.2, 0.25) is 0 Å². The highest BCUT2D eigenvalue weighted by Gasteiger charge is 2.39. The minimum Gasteiger partial charge on any atom is -0.479 e. The minimum atomic E-state index is -1.64. The van der Waals surface area contributed by atoms with Crippen LogP contribution in [0.4, 0.5) is 4.79 Å². The molecule has 1 unspecified atom stereocenters. The summed E-state index contributed by atoms with van der Waals surface area (Å²) in [4.78, 5) is 23.3. The summed E-state index contributed by atoms with van der Waals surface area (Å²) >= 11 is 0.